The quantitative estimate of drug-likeness (QED) is 0.619. The lowest BCUT2D eigenvalue weighted by Crippen LogP contribution is -2.28. The molecular formula is C13H19NO4. The summed E-state index contributed by atoms with van der Waals surface area (Å²) in [6.07, 6.45) is -1.99. The number of carbonyl (C=O) groups is 1. The Morgan fingerprint density at radius 2 is 2.06 bits per heavy atom. The number of aliphatic hydroxyl groups excluding tert-OH is 2. The summed E-state index contributed by atoms with van der Waals surface area (Å²) < 4.78 is 0. The van der Waals surface area contributed by atoms with Crippen LogP contribution in [-0.2, 0) is 4.79 Å². The molecule has 5 heteroatoms. The SMILES string of the molecule is CC(=O)NCCC(O)C(O)c1c(C)cccc1O. The van der Waals surface area contributed by atoms with Crippen LogP contribution in [-0.4, -0.2) is 33.9 Å². The summed E-state index contributed by atoms with van der Waals surface area (Å²) in [7, 11) is 0. The summed E-state index contributed by atoms with van der Waals surface area (Å²) in [5.41, 5.74) is 1.04. The van der Waals surface area contributed by atoms with Crippen LogP contribution in [0.5, 0.6) is 5.75 Å². The lowest BCUT2D eigenvalue weighted by molar-refractivity contribution is -0.119. The molecule has 0 radical (unpaired) electrons. The van der Waals surface area contributed by atoms with Gasteiger partial charge in [-0.05, 0) is 25.0 Å². The number of phenols is 1. The molecule has 0 heterocycles. The number of benzene rings is 1. The highest BCUT2D eigenvalue weighted by Crippen LogP contribution is 2.30. The van der Waals surface area contributed by atoms with Gasteiger partial charge in [-0.2, -0.15) is 0 Å². The largest absolute Gasteiger partial charge is 0.508 e. The lowest BCUT2D eigenvalue weighted by atomic mass is 9.97. The standard InChI is InChI=1S/C13H19NO4/c1-8-4-3-5-10(16)12(8)13(18)11(17)6-7-14-9(2)15/h3-5,11,13,16-18H,6-7H2,1-2H3,(H,14,15). The number of hydrogen-bond donors (Lipinski definition) is 4. The van der Waals surface area contributed by atoms with E-state index in [1.54, 1.807) is 19.1 Å². The predicted molar refractivity (Wildman–Crippen MR) is 67.1 cm³/mol. The first-order valence-corrected chi connectivity index (χ1v) is 5.82. The van der Waals surface area contributed by atoms with Gasteiger partial charge in [0, 0.05) is 19.0 Å². The molecule has 5 nitrogen and oxygen atoms in total. The van der Waals surface area contributed by atoms with E-state index in [0.717, 1.165) is 0 Å². The topological polar surface area (TPSA) is 89.8 Å². The summed E-state index contributed by atoms with van der Waals surface area (Å²) >= 11 is 0. The smallest absolute Gasteiger partial charge is 0.216 e. The van der Waals surface area contributed by atoms with Crippen molar-refractivity contribution in [1.29, 1.82) is 0 Å². The molecule has 0 aliphatic rings. The first kappa shape index (κ1) is 14.5. The van der Waals surface area contributed by atoms with Crippen LogP contribution >= 0.6 is 0 Å². The van der Waals surface area contributed by atoms with Gasteiger partial charge in [0.05, 0.1) is 6.10 Å². The maximum atomic E-state index is 10.7. The van der Waals surface area contributed by atoms with E-state index in [4.69, 9.17) is 0 Å². The van der Waals surface area contributed by atoms with Gasteiger partial charge in [-0.3, -0.25) is 4.79 Å². The highest BCUT2D eigenvalue weighted by atomic mass is 16.3. The molecule has 2 unspecified atom stereocenters. The maximum Gasteiger partial charge on any atom is 0.216 e. The molecular weight excluding hydrogens is 234 g/mol. The fourth-order valence-corrected chi connectivity index (χ4v) is 1.80. The van der Waals surface area contributed by atoms with Crippen molar-refractivity contribution in [3.05, 3.63) is 29.3 Å². The van der Waals surface area contributed by atoms with E-state index < -0.39 is 12.2 Å². The number of phenolic OH excluding ortho intramolecular Hbond substituents is 1. The second kappa shape index (κ2) is 6.37. The van der Waals surface area contributed by atoms with Crippen molar-refractivity contribution in [2.75, 3.05) is 6.54 Å². The van der Waals surface area contributed by atoms with Gasteiger partial charge in [0.2, 0.25) is 5.91 Å². The van der Waals surface area contributed by atoms with Crippen molar-refractivity contribution in [2.24, 2.45) is 0 Å². The predicted octanol–water partition coefficient (Wildman–Crippen LogP) is 0.621. The highest BCUT2D eigenvalue weighted by Gasteiger charge is 2.22. The molecule has 100 valence electrons. The van der Waals surface area contributed by atoms with E-state index in [2.05, 4.69) is 5.32 Å². The van der Waals surface area contributed by atoms with Crippen LogP contribution in [0.1, 0.15) is 30.6 Å². The van der Waals surface area contributed by atoms with E-state index in [-0.39, 0.29) is 24.6 Å². The van der Waals surface area contributed by atoms with Crippen LogP contribution in [0.3, 0.4) is 0 Å². The molecule has 0 fully saturated rings. The van der Waals surface area contributed by atoms with Crippen LogP contribution in [0.15, 0.2) is 18.2 Å². The molecule has 0 aliphatic carbocycles. The Labute approximate surface area is 106 Å². The molecule has 0 saturated heterocycles. The molecule has 1 amide bonds. The minimum atomic E-state index is -1.17. The highest BCUT2D eigenvalue weighted by molar-refractivity contribution is 5.72. The van der Waals surface area contributed by atoms with Crippen LogP contribution in [0.25, 0.3) is 0 Å². The summed E-state index contributed by atoms with van der Waals surface area (Å²) in [6.45, 7) is 3.41. The number of carbonyl (C=O) groups excluding carboxylic acids is 1. The van der Waals surface area contributed by atoms with Crippen molar-refractivity contribution in [3.63, 3.8) is 0 Å². The second-order valence-electron chi connectivity index (χ2n) is 4.29. The fraction of sp³-hybridized carbons (Fsp3) is 0.462. The zero-order valence-corrected chi connectivity index (χ0v) is 10.6. The third kappa shape index (κ3) is 3.72. The Hall–Kier alpha value is -1.59. The van der Waals surface area contributed by atoms with Gasteiger partial charge in [-0.15, -0.1) is 0 Å². The molecule has 1 rings (SSSR count). The third-order valence-corrected chi connectivity index (χ3v) is 2.78. The summed E-state index contributed by atoms with van der Waals surface area (Å²) in [6, 6.07) is 4.88. The monoisotopic (exact) mass is 253 g/mol. The first-order valence-electron chi connectivity index (χ1n) is 5.82. The van der Waals surface area contributed by atoms with Crippen LogP contribution in [0, 0.1) is 6.92 Å². The number of nitrogens with one attached hydrogen (secondary N) is 1. The van der Waals surface area contributed by atoms with E-state index >= 15 is 0 Å². The number of rotatable bonds is 5. The zero-order chi connectivity index (χ0) is 13.7. The maximum absolute atomic E-state index is 10.7. The molecule has 1 aromatic carbocycles. The average Bonchev–Trinajstić information content (AvgIpc) is 2.27. The van der Waals surface area contributed by atoms with Crippen molar-refractivity contribution in [1.82, 2.24) is 5.32 Å². The van der Waals surface area contributed by atoms with Gasteiger partial charge in [0.15, 0.2) is 0 Å². The molecule has 4 N–H and O–H groups in total. The van der Waals surface area contributed by atoms with Crippen molar-refractivity contribution < 1.29 is 20.1 Å². The number of aliphatic hydroxyl groups is 2. The van der Waals surface area contributed by atoms with Crippen molar-refractivity contribution in [3.8, 4) is 5.75 Å². The van der Waals surface area contributed by atoms with Crippen molar-refractivity contribution >= 4 is 5.91 Å². The Balaban J connectivity index is 2.68. The van der Waals surface area contributed by atoms with E-state index in [1.807, 2.05) is 0 Å². The number of aryl methyl sites for hydroxylation is 1. The molecule has 0 saturated carbocycles. The Kier molecular flexibility index (Phi) is 5.12. The molecule has 0 aliphatic heterocycles. The van der Waals surface area contributed by atoms with E-state index in [0.29, 0.717) is 11.1 Å². The van der Waals surface area contributed by atoms with Crippen LogP contribution < -0.4 is 5.32 Å². The molecule has 0 aromatic heterocycles. The van der Waals surface area contributed by atoms with Gasteiger partial charge in [-0.25, -0.2) is 0 Å². The van der Waals surface area contributed by atoms with Gasteiger partial charge in [0.25, 0.3) is 0 Å². The van der Waals surface area contributed by atoms with E-state index in [9.17, 15) is 20.1 Å². The van der Waals surface area contributed by atoms with Gasteiger partial charge in [-0.1, -0.05) is 12.1 Å². The number of aromatic hydroxyl groups is 1. The average molecular weight is 253 g/mol. The van der Waals surface area contributed by atoms with Gasteiger partial charge >= 0.3 is 0 Å². The zero-order valence-electron chi connectivity index (χ0n) is 10.6. The Morgan fingerprint density at radius 3 is 2.61 bits per heavy atom. The molecule has 1 aromatic rings. The van der Waals surface area contributed by atoms with Crippen molar-refractivity contribution in [2.45, 2.75) is 32.5 Å². The second-order valence-corrected chi connectivity index (χ2v) is 4.29. The van der Waals surface area contributed by atoms with Crippen LogP contribution in [0.2, 0.25) is 0 Å². The van der Waals surface area contributed by atoms with Crippen LogP contribution in [0.4, 0.5) is 0 Å². The normalized spacial score (nSPS) is 14.0. The minimum absolute atomic E-state index is 0.0407. The number of hydrogen-bond acceptors (Lipinski definition) is 4. The van der Waals surface area contributed by atoms with Gasteiger partial charge in [0.1, 0.15) is 11.9 Å². The molecule has 2 atom stereocenters. The summed E-state index contributed by atoms with van der Waals surface area (Å²) in [5.74, 6) is -0.225. The fourth-order valence-electron chi connectivity index (χ4n) is 1.80. The molecule has 18 heavy (non-hydrogen) atoms. The summed E-state index contributed by atoms with van der Waals surface area (Å²) in [4.78, 5) is 10.7. The Morgan fingerprint density at radius 1 is 1.39 bits per heavy atom. The Bertz CT molecular complexity index is 399. The third-order valence-electron chi connectivity index (χ3n) is 2.78. The minimum Gasteiger partial charge on any atom is -0.508 e. The molecule has 0 bridgehead atoms. The first-order chi connectivity index (χ1) is 8.43. The summed E-state index contributed by atoms with van der Waals surface area (Å²) in [5, 5.41) is 32.0. The van der Waals surface area contributed by atoms with E-state index in [1.165, 1.54) is 13.0 Å². The number of amides is 1. The van der Waals surface area contributed by atoms with Gasteiger partial charge < -0.3 is 20.6 Å². The molecule has 0 spiro atoms. The lowest BCUT2D eigenvalue weighted by Gasteiger charge is -2.20.